The number of piperidine rings is 1. The van der Waals surface area contributed by atoms with Gasteiger partial charge in [-0.25, -0.2) is 14.5 Å². The maximum absolute atomic E-state index is 12.0. The minimum Gasteiger partial charge on any atom is -0.481 e. The number of rotatable bonds is 5. The number of fused-ring (bicyclic) bond motifs is 1. The Bertz CT molecular complexity index is 1070. The third-order valence-electron chi connectivity index (χ3n) is 4.96. The van der Waals surface area contributed by atoms with E-state index in [0.29, 0.717) is 30.4 Å². The highest BCUT2D eigenvalue weighted by atomic mass is 16.5. The smallest absolute Gasteiger partial charge is 0.236 e. The van der Waals surface area contributed by atoms with Gasteiger partial charge in [0.1, 0.15) is 12.2 Å². The Kier molecular flexibility index (Phi) is 5.24. The number of carbonyl (C=O) groups excluding carboxylic acids is 1. The highest BCUT2D eigenvalue weighted by molar-refractivity contribution is 5.78. The van der Waals surface area contributed by atoms with Gasteiger partial charge in [0.25, 0.3) is 0 Å². The number of nitriles is 1. The summed E-state index contributed by atoms with van der Waals surface area (Å²) in [6.07, 6.45) is 5.16. The minimum atomic E-state index is -0.122. The number of hydrogen-bond donors (Lipinski definition) is 1. The van der Waals surface area contributed by atoms with Crippen LogP contribution in [0, 0.1) is 11.3 Å². The van der Waals surface area contributed by atoms with Crippen LogP contribution in [0.1, 0.15) is 19.3 Å². The molecule has 1 atom stereocenters. The molecule has 0 saturated carbocycles. The molecule has 0 spiro atoms. The number of nitrogens with zero attached hydrogens (tertiary/aromatic N) is 6. The van der Waals surface area contributed by atoms with Crippen molar-refractivity contribution in [1.29, 1.82) is 5.26 Å². The van der Waals surface area contributed by atoms with Crippen LogP contribution in [-0.2, 0) is 4.79 Å². The molecular formula is C20H21N7O2. The van der Waals surface area contributed by atoms with Crippen LogP contribution in [0.3, 0.4) is 0 Å². The molecule has 1 saturated heterocycles. The SMILES string of the molecule is COc1ncccc1-c1cnc2ccc(N[C@@H]3CCCN(C(=O)CC#N)C3)nn12. The van der Waals surface area contributed by atoms with Gasteiger partial charge in [-0.15, -0.1) is 5.10 Å². The Morgan fingerprint density at radius 1 is 1.38 bits per heavy atom. The summed E-state index contributed by atoms with van der Waals surface area (Å²) >= 11 is 0. The van der Waals surface area contributed by atoms with Gasteiger partial charge in [-0.1, -0.05) is 0 Å². The van der Waals surface area contributed by atoms with Gasteiger partial charge in [0.15, 0.2) is 5.65 Å². The van der Waals surface area contributed by atoms with Crippen LogP contribution in [0.2, 0.25) is 0 Å². The minimum absolute atomic E-state index is 0.0799. The summed E-state index contributed by atoms with van der Waals surface area (Å²) in [7, 11) is 1.58. The predicted octanol–water partition coefficient (Wildman–Crippen LogP) is 2.12. The lowest BCUT2D eigenvalue weighted by molar-refractivity contribution is -0.131. The second-order valence-electron chi connectivity index (χ2n) is 6.85. The zero-order valence-electron chi connectivity index (χ0n) is 16.1. The van der Waals surface area contributed by atoms with Crippen LogP contribution in [0.5, 0.6) is 5.88 Å². The molecule has 0 bridgehead atoms. The predicted molar refractivity (Wildman–Crippen MR) is 106 cm³/mol. The van der Waals surface area contributed by atoms with Crippen LogP contribution < -0.4 is 10.1 Å². The number of nitrogens with one attached hydrogen (secondary N) is 1. The van der Waals surface area contributed by atoms with Gasteiger partial charge < -0.3 is 15.0 Å². The first-order valence-corrected chi connectivity index (χ1v) is 9.45. The number of anilines is 1. The monoisotopic (exact) mass is 391 g/mol. The first-order valence-electron chi connectivity index (χ1n) is 9.45. The normalized spacial score (nSPS) is 16.4. The van der Waals surface area contributed by atoms with Crippen LogP contribution in [-0.4, -0.2) is 56.6 Å². The molecule has 1 amide bonds. The Morgan fingerprint density at radius 3 is 3.10 bits per heavy atom. The summed E-state index contributed by atoms with van der Waals surface area (Å²) in [5.74, 6) is 1.08. The molecule has 1 aliphatic rings. The summed E-state index contributed by atoms with van der Waals surface area (Å²) in [6, 6.07) is 9.53. The first kappa shape index (κ1) is 18.7. The quantitative estimate of drug-likeness (QED) is 0.709. The number of hydrogen-bond acceptors (Lipinski definition) is 7. The highest BCUT2D eigenvalue weighted by Gasteiger charge is 2.24. The Hall–Kier alpha value is -3.67. The van der Waals surface area contributed by atoms with E-state index in [1.165, 1.54) is 0 Å². The van der Waals surface area contributed by atoms with Crippen molar-refractivity contribution >= 4 is 17.4 Å². The molecule has 4 heterocycles. The molecule has 1 fully saturated rings. The number of likely N-dealkylation sites (tertiary alicyclic amines) is 1. The molecule has 0 aromatic carbocycles. The van der Waals surface area contributed by atoms with Gasteiger partial charge in [0.05, 0.1) is 30.6 Å². The molecule has 0 aliphatic carbocycles. The van der Waals surface area contributed by atoms with Crippen LogP contribution in [0.4, 0.5) is 5.82 Å². The number of pyridine rings is 1. The summed E-state index contributed by atoms with van der Waals surface area (Å²) < 4.78 is 7.12. The van der Waals surface area contributed by atoms with Crippen molar-refractivity contribution in [2.45, 2.75) is 25.3 Å². The lowest BCUT2D eigenvalue weighted by Crippen LogP contribution is -2.45. The molecule has 3 aromatic rings. The molecule has 29 heavy (non-hydrogen) atoms. The highest BCUT2D eigenvalue weighted by Crippen LogP contribution is 2.28. The molecule has 0 radical (unpaired) electrons. The Labute approximate surface area is 167 Å². The van der Waals surface area contributed by atoms with E-state index >= 15 is 0 Å². The molecule has 9 nitrogen and oxygen atoms in total. The first-order chi connectivity index (χ1) is 14.2. The van der Waals surface area contributed by atoms with E-state index in [0.717, 1.165) is 24.1 Å². The fourth-order valence-electron chi connectivity index (χ4n) is 3.59. The molecular weight excluding hydrogens is 370 g/mol. The number of imidazole rings is 1. The third-order valence-corrected chi connectivity index (χ3v) is 4.96. The maximum atomic E-state index is 12.0. The average Bonchev–Trinajstić information content (AvgIpc) is 3.17. The lowest BCUT2D eigenvalue weighted by atomic mass is 10.1. The summed E-state index contributed by atoms with van der Waals surface area (Å²) in [5, 5.41) is 16.9. The van der Waals surface area contributed by atoms with Gasteiger partial charge in [-0.3, -0.25) is 4.79 Å². The fourth-order valence-corrected chi connectivity index (χ4v) is 3.59. The molecule has 4 rings (SSSR count). The van der Waals surface area contributed by atoms with Crippen LogP contribution in [0.15, 0.2) is 36.7 Å². The van der Waals surface area contributed by atoms with E-state index < -0.39 is 0 Å². The van der Waals surface area contributed by atoms with Crippen molar-refractivity contribution in [2.24, 2.45) is 0 Å². The number of ether oxygens (including phenoxy) is 1. The van der Waals surface area contributed by atoms with Crippen molar-refractivity contribution in [3.05, 3.63) is 36.7 Å². The van der Waals surface area contributed by atoms with E-state index in [9.17, 15) is 4.79 Å². The van der Waals surface area contributed by atoms with E-state index in [4.69, 9.17) is 15.1 Å². The number of methoxy groups -OCH3 is 1. The number of amides is 1. The molecule has 1 N–H and O–H groups in total. The van der Waals surface area contributed by atoms with Crippen LogP contribution in [0.25, 0.3) is 16.9 Å². The standard InChI is InChI=1S/C20H21N7O2/c1-29-20-15(5-2-10-22-20)16-12-23-18-7-6-17(25-27(16)18)24-14-4-3-11-26(13-14)19(28)8-9-21/h2,5-7,10,12,14H,3-4,8,11,13H2,1H3,(H,24,25)/t14-/m1/s1. The van der Waals surface area contributed by atoms with Gasteiger partial charge in [0, 0.05) is 25.3 Å². The van der Waals surface area contributed by atoms with Crippen molar-refractivity contribution < 1.29 is 9.53 Å². The zero-order valence-corrected chi connectivity index (χ0v) is 16.1. The van der Waals surface area contributed by atoms with Crippen molar-refractivity contribution in [2.75, 3.05) is 25.5 Å². The second-order valence-corrected chi connectivity index (χ2v) is 6.85. The Morgan fingerprint density at radius 2 is 2.28 bits per heavy atom. The van der Waals surface area contributed by atoms with Gasteiger partial charge in [0.2, 0.25) is 11.8 Å². The fraction of sp³-hybridized carbons (Fsp3) is 0.350. The molecule has 148 valence electrons. The van der Waals surface area contributed by atoms with Crippen molar-refractivity contribution in [3.8, 4) is 23.2 Å². The molecule has 0 unspecified atom stereocenters. The van der Waals surface area contributed by atoms with E-state index in [2.05, 4.69) is 15.3 Å². The second kappa shape index (κ2) is 8.14. The van der Waals surface area contributed by atoms with E-state index in [1.54, 1.807) is 28.9 Å². The third kappa shape index (κ3) is 3.82. The summed E-state index contributed by atoms with van der Waals surface area (Å²) in [4.78, 5) is 22.4. The zero-order chi connectivity index (χ0) is 20.2. The maximum Gasteiger partial charge on any atom is 0.236 e. The average molecular weight is 391 g/mol. The van der Waals surface area contributed by atoms with E-state index in [-0.39, 0.29) is 18.4 Å². The van der Waals surface area contributed by atoms with Crippen LogP contribution >= 0.6 is 0 Å². The molecule has 1 aliphatic heterocycles. The lowest BCUT2D eigenvalue weighted by Gasteiger charge is -2.33. The van der Waals surface area contributed by atoms with Crippen molar-refractivity contribution in [1.82, 2.24) is 24.5 Å². The topological polar surface area (TPSA) is 108 Å². The summed E-state index contributed by atoms with van der Waals surface area (Å²) in [6.45, 7) is 1.26. The molecule has 3 aromatic heterocycles. The number of aromatic nitrogens is 4. The number of carbonyl (C=O) groups is 1. The van der Waals surface area contributed by atoms with Gasteiger partial charge >= 0.3 is 0 Å². The Balaban J connectivity index is 1.58. The van der Waals surface area contributed by atoms with Gasteiger partial charge in [-0.2, -0.15) is 5.26 Å². The van der Waals surface area contributed by atoms with Crippen molar-refractivity contribution in [3.63, 3.8) is 0 Å². The molecule has 9 heteroatoms. The largest absolute Gasteiger partial charge is 0.481 e. The van der Waals surface area contributed by atoms with E-state index in [1.807, 2.05) is 30.3 Å². The summed E-state index contributed by atoms with van der Waals surface area (Å²) in [5.41, 5.74) is 2.30. The van der Waals surface area contributed by atoms with Gasteiger partial charge in [-0.05, 0) is 37.1 Å².